The number of para-hydroxylation sites is 1. The summed E-state index contributed by atoms with van der Waals surface area (Å²) in [5.41, 5.74) is 2.95. The molecule has 1 amide bonds. The highest BCUT2D eigenvalue weighted by molar-refractivity contribution is 5.96. The van der Waals surface area contributed by atoms with Crippen molar-refractivity contribution in [1.29, 1.82) is 0 Å². The minimum atomic E-state index is -0.715. The van der Waals surface area contributed by atoms with E-state index in [1.165, 1.54) is 0 Å². The van der Waals surface area contributed by atoms with E-state index in [0.29, 0.717) is 31.0 Å². The van der Waals surface area contributed by atoms with E-state index in [2.05, 4.69) is 15.3 Å². The van der Waals surface area contributed by atoms with Crippen LogP contribution in [0.15, 0.2) is 48.7 Å². The Morgan fingerprint density at radius 1 is 1.28 bits per heavy atom. The highest BCUT2D eigenvalue weighted by Crippen LogP contribution is 2.25. The molecule has 2 atom stereocenters. The van der Waals surface area contributed by atoms with Crippen LogP contribution in [0.1, 0.15) is 28.0 Å². The smallest absolute Gasteiger partial charge is 0.270 e. The number of pyridine rings is 2. The molecule has 3 aromatic rings. The van der Waals surface area contributed by atoms with Gasteiger partial charge in [-0.25, -0.2) is 9.97 Å². The van der Waals surface area contributed by atoms with Gasteiger partial charge in [0.25, 0.3) is 5.91 Å². The monoisotopic (exact) mass is 393 g/mol. The molecule has 0 radical (unpaired) electrons. The third-order valence-corrected chi connectivity index (χ3v) is 5.10. The molecule has 2 N–H and O–H groups in total. The number of hydrogen-bond acceptors (Lipinski definition) is 6. The Morgan fingerprint density at radius 2 is 2.14 bits per heavy atom. The van der Waals surface area contributed by atoms with Crippen LogP contribution in [0.4, 0.5) is 0 Å². The van der Waals surface area contributed by atoms with Gasteiger partial charge in [0.15, 0.2) is 0 Å². The highest BCUT2D eigenvalue weighted by atomic mass is 16.5. The topological polar surface area (TPSA) is 93.6 Å². The Hall–Kier alpha value is -3.03. The van der Waals surface area contributed by atoms with Gasteiger partial charge in [-0.1, -0.05) is 24.3 Å². The fourth-order valence-electron chi connectivity index (χ4n) is 3.59. The number of ether oxygens (including phenoxy) is 2. The number of rotatable bonds is 5. The summed E-state index contributed by atoms with van der Waals surface area (Å²) in [5, 5.41) is 13.9. The molecule has 1 aliphatic heterocycles. The van der Waals surface area contributed by atoms with Crippen molar-refractivity contribution < 1.29 is 19.4 Å². The van der Waals surface area contributed by atoms with Crippen molar-refractivity contribution in [1.82, 2.24) is 15.3 Å². The van der Waals surface area contributed by atoms with Crippen LogP contribution in [0.2, 0.25) is 0 Å². The fourth-order valence-corrected chi connectivity index (χ4v) is 3.59. The van der Waals surface area contributed by atoms with Gasteiger partial charge in [-0.15, -0.1) is 0 Å². The molecular formula is C22H23N3O4. The molecule has 7 nitrogen and oxygen atoms in total. The van der Waals surface area contributed by atoms with E-state index in [-0.39, 0.29) is 18.6 Å². The lowest BCUT2D eigenvalue weighted by Gasteiger charge is -2.28. The van der Waals surface area contributed by atoms with Gasteiger partial charge in [0, 0.05) is 30.2 Å². The maximum absolute atomic E-state index is 12.9. The van der Waals surface area contributed by atoms with E-state index in [4.69, 9.17) is 9.47 Å². The Balaban J connectivity index is 1.68. The zero-order valence-corrected chi connectivity index (χ0v) is 16.2. The molecule has 4 rings (SSSR count). The Kier molecular flexibility index (Phi) is 5.69. The minimum absolute atomic E-state index is 0.224. The zero-order valence-electron chi connectivity index (χ0n) is 16.2. The molecule has 0 bridgehead atoms. The molecule has 1 aliphatic rings. The summed E-state index contributed by atoms with van der Waals surface area (Å²) in [6, 6.07) is 13.0. The van der Waals surface area contributed by atoms with Gasteiger partial charge in [0.2, 0.25) is 5.88 Å². The van der Waals surface area contributed by atoms with Crippen molar-refractivity contribution >= 4 is 16.8 Å². The second-order valence-corrected chi connectivity index (χ2v) is 7.04. The van der Waals surface area contributed by atoms with Crippen molar-refractivity contribution in [3.05, 3.63) is 65.5 Å². The number of carbonyl (C=O) groups is 1. The quantitative estimate of drug-likeness (QED) is 0.690. The van der Waals surface area contributed by atoms with Crippen LogP contribution >= 0.6 is 0 Å². The molecule has 1 fully saturated rings. The summed E-state index contributed by atoms with van der Waals surface area (Å²) >= 11 is 0. The summed E-state index contributed by atoms with van der Waals surface area (Å²) in [5.74, 6) is 0.255. The molecule has 150 valence electrons. The van der Waals surface area contributed by atoms with Gasteiger partial charge in [-0.2, -0.15) is 0 Å². The number of hydrogen-bond donors (Lipinski definition) is 2. The van der Waals surface area contributed by atoms with Crippen LogP contribution in [0.3, 0.4) is 0 Å². The molecule has 7 heteroatoms. The van der Waals surface area contributed by atoms with Gasteiger partial charge < -0.3 is 19.9 Å². The summed E-state index contributed by atoms with van der Waals surface area (Å²) < 4.78 is 10.6. The van der Waals surface area contributed by atoms with Gasteiger partial charge in [-0.05, 0) is 30.2 Å². The first kappa shape index (κ1) is 19.3. The average Bonchev–Trinajstić information content (AvgIpc) is 2.75. The second-order valence-electron chi connectivity index (χ2n) is 7.04. The lowest BCUT2D eigenvalue weighted by Crippen LogP contribution is -2.48. The predicted octanol–water partition coefficient (Wildman–Crippen LogP) is 2.11. The standard InChI is InChI=1S/C22H23N3O4/c1-28-22-14(5-4-9-23-22)11-15-12-19(24-17-7-3-2-6-16(15)17)21(27)25-18-8-10-29-13-20(18)26/h2-7,9,12,18,20,26H,8,10-11,13H2,1H3,(H,25,27)/t18-,20-/m0/s1. The molecule has 0 aliphatic carbocycles. The zero-order chi connectivity index (χ0) is 20.2. The van der Waals surface area contributed by atoms with Gasteiger partial charge in [-0.3, -0.25) is 4.79 Å². The predicted molar refractivity (Wildman–Crippen MR) is 108 cm³/mol. The molecular weight excluding hydrogens is 370 g/mol. The summed E-state index contributed by atoms with van der Waals surface area (Å²) in [7, 11) is 1.59. The van der Waals surface area contributed by atoms with Crippen LogP contribution in [0.25, 0.3) is 10.9 Å². The van der Waals surface area contributed by atoms with Crippen LogP contribution in [0.5, 0.6) is 5.88 Å². The van der Waals surface area contributed by atoms with Crippen molar-refractivity contribution in [2.75, 3.05) is 20.3 Å². The minimum Gasteiger partial charge on any atom is -0.481 e. The summed E-state index contributed by atoms with van der Waals surface area (Å²) in [4.78, 5) is 21.7. The number of benzene rings is 1. The number of aliphatic hydroxyl groups is 1. The summed E-state index contributed by atoms with van der Waals surface area (Å²) in [6.45, 7) is 0.737. The molecule has 0 spiro atoms. The maximum atomic E-state index is 12.9. The van der Waals surface area contributed by atoms with Crippen LogP contribution in [0, 0.1) is 0 Å². The number of amides is 1. The van der Waals surface area contributed by atoms with Crippen molar-refractivity contribution in [3.8, 4) is 5.88 Å². The SMILES string of the molecule is COc1ncccc1Cc1cc(C(=O)N[C@H]2CCOC[C@@H]2O)nc2ccccc12. The fraction of sp³-hybridized carbons (Fsp3) is 0.318. The molecule has 1 saturated heterocycles. The second kappa shape index (κ2) is 8.55. The van der Waals surface area contributed by atoms with Gasteiger partial charge >= 0.3 is 0 Å². The number of nitrogens with one attached hydrogen (secondary N) is 1. The molecule has 1 aromatic carbocycles. The largest absolute Gasteiger partial charge is 0.481 e. The number of fused-ring (bicyclic) bond motifs is 1. The van der Waals surface area contributed by atoms with Gasteiger partial charge in [0.05, 0.1) is 31.4 Å². The Bertz CT molecular complexity index is 1020. The summed E-state index contributed by atoms with van der Waals surface area (Å²) in [6.07, 6.45) is 2.10. The Labute approximate surface area is 168 Å². The molecule has 3 heterocycles. The van der Waals surface area contributed by atoms with Crippen LogP contribution in [-0.4, -0.2) is 53.5 Å². The molecule has 0 unspecified atom stereocenters. The number of aromatic nitrogens is 2. The lowest BCUT2D eigenvalue weighted by atomic mass is 10.00. The Morgan fingerprint density at radius 3 is 2.97 bits per heavy atom. The first-order valence-electron chi connectivity index (χ1n) is 9.59. The maximum Gasteiger partial charge on any atom is 0.270 e. The molecule has 29 heavy (non-hydrogen) atoms. The van der Waals surface area contributed by atoms with Crippen molar-refractivity contribution in [3.63, 3.8) is 0 Å². The first-order valence-corrected chi connectivity index (χ1v) is 9.59. The number of aliphatic hydroxyl groups excluding tert-OH is 1. The van der Waals surface area contributed by atoms with E-state index in [0.717, 1.165) is 22.0 Å². The average molecular weight is 393 g/mol. The van der Waals surface area contributed by atoms with Crippen LogP contribution < -0.4 is 10.1 Å². The first-order chi connectivity index (χ1) is 14.2. The third kappa shape index (κ3) is 4.21. The lowest BCUT2D eigenvalue weighted by molar-refractivity contribution is -0.0261. The molecule has 0 saturated carbocycles. The van der Waals surface area contributed by atoms with Crippen molar-refractivity contribution in [2.24, 2.45) is 0 Å². The normalized spacial score (nSPS) is 19.1. The van der Waals surface area contributed by atoms with Crippen LogP contribution in [-0.2, 0) is 11.2 Å². The van der Waals surface area contributed by atoms with Crippen molar-refractivity contribution in [2.45, 2.75) is 25.0 Å². The number of carbonyl (C=O) groups excluding carboxylic acids is 1. The van der Waals surface area contributed by atoms with Gasteiger partial charge in [0.1, 0.15) is 5.69 Å². The third-order valence-electron chi connectivity index (χ3n) is 5.10. The van der Waals surface area contributed by atoms with E-state index < -0.39 is 6.10 Å². The van der Waals surface area contributed by atoms with E-state index in [1.807, 2.05) is 36.4 Å². The molecule has 2 aromatic heterocycles. The van der Waals surface area contributed by atoms with E-state index in [1.54, 1.807) is 19.4 Å². The number of nitrogens with zero attached hydrogens (tertiary/aromatic N) is 2. The number of methoxy groups -OCH3 is 1. The highest BCUT2D eigenvalue weighted by Gasteiger charge is 2.26. The van der Waals surface area contributed by atoms with E-state index >= 15 is 0 Å². The van der Waals surface area contributed by atoms with E-state index in [9.17, 15) is 9.90 Å².